The Morgan fingerprint density at radius 2 is 2.05 bits per heavy atom. The lowest BCUT2D eigenvalue weighted by molar-refractivity contribution is 0.134. The fourth-order valence-corrected chi connectivity index (χ4v) is 3.31. The Balaban J connectivity index is 2.19. The number of ether oxygens (including phenoxy) is 1. The fraction of sp³-hybridized carbons (Fsp3) is 0.500. The predicted molar refractivity (Wildman–Crippen MR) is 83.7 cm³/mol. The zero-order valence-corrected chi connectivity index (χ0v) is 12.8. The quantitative estimate of drug-likeness (QED) is 0.819. The van der Waals surface area contributed by atoms with Crippen molar-refractivity contribution in [3.05, 3.63) is 34.7 Å². The third kappa shape index (κ3) is 3.78. The number of rotatable bonds is 7. The van der Waals surface area contributed by atoms with Crippen LogP contribution in [0.5, 0.6) is 0 Å². The summed E-state index contributed by atoms with van der Waals surface area (Å²) in [7, 11) is 0. The van der Waals surface area contributed by atoms with E-state index in [0.29, 0.717) is 5.92 Å². The second-order valence-electron chi connectivity index (χ2n) is 5.16. The van der Waals surface area contributed by atoms with Crippen LogP contribution in [0.1, 0.15) is 31.2 Å². The summed E-state index contributed by atoms with van der Waals surface area (Å²) in [6.07, 6.45) is 0. The number of thiophene rings is 1. The predicted octanol–water partition coefficient (Wildman–Crippen LogP) is 4.18. The molecule has 2 rings (SSSR count). The van der Waals surface area contributed by atoms with Gasteiger partial charge in [-0.25, -0.2) is 0 Å². The molecule has 1 heterocycles. The third-order valence-corrected chi connectivity index (χ3v) is 4.28. The normalized spacial score (nSPS) is 11.6. The first kappa shape index (κ1) is 14.5. The Morgan fingerprint density at radius 3 is 2.79 bits per heavy atom. The van der Waals surface area contributed by atoms with Gasteiger partial charge in [0.2, 0.25) is 0 Å². The van der Waals surface area contributed by atoms with Crippen molar-refractivity contribution in [2.24, 2.45) is 5.92 Å². The molecule has 0 atom stereocenters. The molecule has 104 valence electrons. The molecule has 0 saturated carbocycles. The van der Waals surface area contributed by atoms with Gasteiger partial charge in [-0.15, -0.1) is 11.3 Å². The van der Waals surface area contributed by atoms with Crippen LogP contribution in [0.2, 0.25) is 0 Å². The van der Waals surface area contributed by atoms with Gasteiger partial charge in [0.15, 0.2) is 0 Å². The third-order valence-electron chi connectivity index (χ3n) is 3.07. The Bertz CT molecular complexity index is 518. The minimum atomic E-state index is 0.685. The zero-order chi connectivity index (χ0) is 13.7. The summed E-state index contributed by atoms with van der Waals surface area (Å²) in [6.45, 7) is 10.0. The van der Waals surface area contributed by atoms with Crippen LogP contribution in [0.3, 0.4) is 0 Å². The van der Waals surface area contributed by atoms with Crippen molar-refractivity contribution in [2.75, 3.05) is 13.2 Å². The summed E-state index contributed by atoms with van der Waals surface area (Å²) in [4.78, 5) is 1.41. The first-order valence-corrected chi connectivity index (χ1v) is 7.81. The summed E-state index contributed by atoms with van der Waals surface area (Å²) in [6, 6.07) is 8.61. The van der Waals surface area contributed by atoms with Crippen molar-refractivity contribution in [3.8, 4) is 0 Å². The summed E-state index contributed by atoms with van der Waals surface area (Å²) in [5, 5.41) is 4.88. The standard InChI is InChI=1S/C16H23NOS/c1-4-18-11-14-13-7-5-6-8-15(13)19-16(14)10-17-9-12(2)3/h5-8,12,17H,4,9-11H2,1-3H3. The van der Waals surface area contributed by atoms with Crippen LogP contribution in [-0.4, -0.2) is 13.2 Å². The largest absolute Gasteiger partial charge is 0.377 e. The van der Waals surface area contributed by atoms with Crippen LogP contribution in [-0.2, 0) is 17.9 Å². The van der Waals surface area contributed by atoms with Crippen LogP contribution in [0, 0.1) is 5.92 Å². The number of fused-ring (bicyclic) bond motifs is 1. The minimum absolute atomic E-state index is 0.685. The molecule has 0 aliphatic heterocycles. The Labute approximate surface area is 119 Å². The van der Waals surface area contributed by atoms with E-state index in [2.05, 4.69) is 43.4 Å². The van der Waals surface area contributed by atoms with Gasteiger partial charge in [-0.1, -0.05) is 32.0 Å². The maximum absolute atomic E-state index is 5.63. The monoisotopic (exact) mass is 277 g/mol. The van der Waals surface area contributed by atoms with Crippen LogP contribution < -0.4 is 5.32 Å². The van der Waals surface area contributed by atoms with Gasteiger partial charge in [-0.05, 0) is 30.8 Å². The average Bonchev–Trinajstić information content (AvgIpc) is 2.74. The maximum Gasteiger partial charge on any atom is 0.0734 e. The van der Waals surface area contributed by atoms with Gasteiger partial charge >= 0.3 is 0 Å². The van der Waals surface area contributed by atoms with Crippen LogP contribution >= 0.6 is 11.3 Å². The molecule has 2 aromatic rings. The maximum atomic E-state index is 5.63. The van der Waals surface area contributed by atoms with E-state index in [-0.39, 0.29) is 0 Å². The second-order valence-corrected chi connectivity index (χ2v) is 6.30. The van der Waals surface area contributed by atoms with Crippen molar-refractivity contribution in [1.82, 2.24) is 5.32 Å². The molecule has 0 aliphatic carbocycles. The van der Waals surface area contributed by atoms with Gasteiger partial charge in [-0.2, -0.15) is 0 Å². The van der Waals surface area contributed by atoms with Crippen molar-refractivity contribution < 1.29 is 4.74 Å². The average molecular weight is 277 g/mol. The highest BCUT2D eigenvalue weighted by Gasteiger charge is 2.11. The van der Waals surface area contributed by atoms with Gasteiger partial charge < -0.3 is 10.1 Å². The molecular weight excluding hydrogens is 254 g/mol. The van der Waals surface area contributed by atoms with E-state index < -0.39 is 0 Å². The molecule has 1 N–H and O–H groups in total. The molecule has 3 heteroatoms. The lowest BCUT2D eigenvalue weighted by Gasteiger charge is -2.08. The SMILES string of the molecule is CCOCc1c(CNCC(C)C)sc2ccccc12. The molecule has 0 unspecified atom stereocenters. The highest BCUT2D eigenvalue weighted by Crippen LogP contribution is 2.31. The number of hydrogen-bond acceptors (Lipinski definition) is 3. The summed E-state index contributed by atoms with van der Waals surface area (Å²) in [5.74, 6) is 0.685. The minimum Gasteiger partial charge on any atom is -0.377 e. The molecule has 0 bridgehead atoms. The summed E-state index contributed by atoms with van der Waals surface area (Å²) < 4.78 is 6.99. The van der Waals surface area contributed by atoms with Gasteiger partial charge in [0.25, 0.3) is 0 Å². The number of benzene rings is 1. The van der Waals surface area contributed by atoms with Crippen LogP contribution in [0.25, 0.3) is 10.1 Å². The second kappa shape index (κ2) is 7.04. The van der Waals surface area contributed by atoms with Gasteiger partial charge in [0, 0.05) is 28.3 Å². The molecule has 0 radical (unpaired) electrons. The lowest BCUT2D eigenvalue weighted by atomic mass is 10.1. The first-order valence-electron chi connectivity index (χ1n) is 7.00. The van der Waals surface area contributed by atoms with E-state index in [1.54, 1.807) is 0 Å². The molecule has 1 aromatic heterocycles. The van der Waals surface area contributed by atoms with Gasteiger partial charge in [0.05, 0.1) is 6.61 Å². The van der Waals surface area contributed by atoms with Crippen molar-refractivity contribution in [3.63, 3.8) is 0 Å². The number of nitrogens with one attached hydrogen (secondary N) is 1. The highest BCUT2D eigenvalue weighted by molar-refractivity contribution is 7.19. The van der Waals surface area contributed by atoms with Crippen molar-refractivity contribution >= 4 is 21.4 Å². The topological polar surface area (TPSA) is 21.3 Å². The lowest BCUT2D eigenvalue weighted by Crippen LogP contribution is -2.19. The molecule has 19 heavy (non-hydrogen) atoms. The molecule has 0 spiro atoms. The molecule has 0 fully saturated rings. The van der Waals surface area contributed by atoms with E-state index in [4.69, 9.17) is 4.74 Å². The van der Waals surface area contributed by atoms with Crippen molar-refractivity contribution in [1.29, 1.82) is 0 Å². The van der Waals surface area contributed by atoms with E-state index in [9.17, 15) is 0 Å². The van der Waals surface area contributed by atoms with Crippen LogP contribution in [0.4, 0.5) is 0 Å². The Hall–Kier alpha value is -0.900. The smallest absolute Gasteiger partial charge is 0.0734 e. The summed E-state index contributed by atoms with van der Waals surface area (Å²) >= 11 is 1.88. The molecule has 0 amide bonds. The van der Waals surface area contributed by atoms with Gasteiger partial charge in [-0.3, -0.25) is 0 Å². The first-order chi connectivity index (χ1) is 9.22. The zero-order valence-electron chi connectivity index (χ0n) is 12.0. The van der Waals surface area contributed by atoms with Crippen molar-refractivity contribution in [2.45, 2.75) is 33.9 Å². The fourth-order valence-electron chi connectivity index (χ4n) is 2.13. The van der Waals surface area contributed by atoms with E-state index >= 15 is 0 Å². The van der Waals surface area contributed by atoms with E-state index in [1.165, 1.54) is 20.5 Å². The Morgan fingerprint density at radius 1 is 1.26 bits per heavy atom. The molecular formula is C16H23NOS. The van der Waals surface area contributed by atoms with E-state index in [1.807, 2.05) is 18.3 Å². The summed E-state index contributed by atoms with van der Waals surface area (Å²) in [5.41, 5.74) is 1.36. The molecule has 0 saturated heterocycles. The number of hydrogen-bond donors (Lipinski definition) is 1. The Kier molecular flexibility index (Phi) is 5.37. The van der Waals surface area contributed by atoms with Gasteiger partial charge in [0.1, 0.15) is 0 Å². The molecule has 0 aliphatic rings. The van der Waals surface area contributed by atoms with Crippen LogP contribution in [0.15, 0.2) is 24.3 Å². The molecule has 1 aromatic carbocycles. The van der Waals surface area contributed by atoms with E-state index in [0.717, 1.165) is 26.3 Å². The highest BCUT2D eigenvalue weighted by atomic mass is 32.1. The molecule has 2 nitrogen and oxygen atoms in total.